The summed E-state index contributed by atoms with van der Waals surface area (Å²) in [6.45, 7) is 3.28. The maximum atomic E-state index is 4.27. The van der Waals surface area contributed by atoms with Crippen molar-refractivity contribution in [1.82, 2.24) is 15.3 Å². The number of hydrogen-bond acceptors (Lipinski definition) is 5. The van der Waals surface area contributed by atoms with Crippen LogP contribution in [0.3, 0.4) is 0 Å². The number of rotatable bonds is 5. The Kier molecular flexibility index (Phi) is 5.22. The predicted molar refractivity (Wildman–Crippen MR) is 80.0 cm³/mol. The van der Waals surface area contributed by atoms with Gasteiger partial charge >= 0.3 is 0 Å². The molecule has 0 bridgehead atoms. The maximum Gasteiger partial charge on any atom is 0.131 e. The minimum absolute atomic E-state index is 0. The molecule has 106 valence electrons. The summed E-state index contributed by atoms with van der Waals surface area (Å²) in [6.07, 6.45) is 6.75. The van der Waals surface area contributed by atoms with Gasteiger partial charge in [0.05, 0.1) is 0 Å². The number of halogens is 1. The standard InChI is InChI=1S/C13H21N5.ClH/c1-2-10(7-14-5-1)8-15-12-6-13(17-9-16-12)18-11-3-4-11;/h6,9-11,14H,1-5,7-8H2,(H2,15,16,17,18);1H. The van der Waals surface area contributed by atoms with Crippen LogP contribution in [0.15, 0.2) is 12.4 Å². The summed E-state index contributed by atoms with van der Waals surface area (Å²) < 4.78 is 0. The van der Waals surface area contributed by atoms with Crippen molar-refractivity contribution >= 4 is 24.0 Å². The van der Waals surface area contributed by atoms with E-state index in [0.29, 0.717) is 12.0 Å². The zero-order chi connectivity index (χ0) is 12.2. The Morgan fingerprint density at radius 1 is 1.21 bits per heavy atom. The second-order valence-corrected chi connectivity index (χ2v) is 5.30. The Morgan fingerprint density at radius 3 is 2.79 bits per heavy atom. The van der Waals surface area contributed by atoms with E-state index < -0.39 is 0 Å². The summed E-state index contributed by atoms with van der Waals surface area (Å²) in [5.41, 5.74) is 0. The van der Waals surface area contributed by atoms with Gasteiger partial charge < -0.3 is 16.0 Å². The van der Waals surface area contributed by atoms with E-state index in [-0.39, 0.29) is 12.4 Å². The molecule has 1 aliphatic heterocycles. The first-order valence-corrected chi connectivity index (χ1v) is 6.93. The number of nitrogens with zero attached hydrogens (tertiary/aromatic N) is 2. The van der Waals surface area contributed by atoms with Gasteiger partial charge in [0, 0.05) is 18.7 Å². The van der Waals surface area contributed by atoms with Gasteiger partial charge in [-0.25, -0.2) is 9.97 Å². The van der Waals surface area contributed by atoms with Gasteiger partial charge in [-0.1, -0.05) is 0 Å². The highest BCUT2D eigenvalue weighted by molar-refractivity contribution is 5.85. The average molecular weight is 284 g/mol. The molecule has 5 nitrogen and oxygen atoms in total. The van der Waals surface area contributed by atoms with Crippen molar-refractivity contribution in [1.29, 1.82) is 0 Å². The fourth-order valence-corrected chi connectivity index (χ4v) is 2.32. The molecule has 1 aromatic heterocycles. The first-order valence-electron chi connectivity index (χ1n) is 6.93. The Bertz CT molecular complexity index is 390. The van der Waals surface area contributed by atoms with Crippen molar-refractivity contribution in [3.8, 4) is 0 Å². The molecule has 2 aliphatic rings. The summed E-state index contributed by atoms with van der Waals surface area (Å²) in [5, 5.41) is 10.2. The lowest BCUT2D eigenvalue weighted by Crippen LogP contribution is -2.33. The molecule has 0 amide bonds. The fourth-order valence-electron chi connectivity index (χ4n) is 2.32. The minimum atomic E-state index is 0. The van der Waals surface area contributed by atoms with Crippen LogP contribution in [0.25, 0.3) is 0 Å². The highest BCUT2D eigenvalue weighted by Crippen LogP contribution is 2.24. The smallest absolute Gasteiger partial charge is 0.131 e. The quantitative estimate of drug-likeness (QED) is 0.770. The van der Waals surface area contributed by atoms with E-state index in [2.05, 4.69) is 25.9 Å². The first-order chi connectivity index (χ1) is 8.90. The fraction of sp³-hybridized carbons (Fsp3) is 0.692. The lowest BCUT2D eigenvalue weighted by molar-refractivity contribution is 0.392. The summed E-state index contributed by atoms with van der Waals surface area (Å²) in [5.74, 6) is 2.59. The molecule has 19 heavy (non-hydrogen) atoms. The molecule has 2 heterocycles. The largest absolute Gasteiger partial charge is 0.370 e. The topological polar surface area (TPSA) is 61.9 Å². The average Bonchev–Trinajstić information content (AvgIpc) is 3.22. The molecule has 0 spiro atoms. The highest BCUT2D eigenvalue weighted by atomic mass is 35.5. The molecule has 3 N–H and O–H groups in total. The van der Waals surface area contributed by atoms with Gasteiger partial charge in [-0.15, -0.1) is 12.4 Å². The molecule has 0 radical (unpaired) electrons. The third-order valence-corrected chi connectivity index (χ3v) is 3.57. The highest BCUT2D eigenvalue weighted by Gasteiger charge is 2.21. The minimum Gasteiger partial charge on any atom is -0.370 e. The molecule has 2 fully saturated rings. The summed E-state index contributed by atoms with van der Waals surface area (Å²) >= 11 is 0. The van der Waals surface area contributed by atoms with Gasteiger partial charge in [0.15, 0.2) is 0 Å². The molecule has 1 saturated carbocycles. The zero-order valence-electron chi connectivity index (χ0n) is 11.1. The molecule has 1 atom stereocenters. The summed E-state index contributed by atoms with van der Waals surface area (Å²) in [7, 11) is 0. The molecule has 3 rings (SSSR count). The number of anilines is 2. The van der Waals surface area contributed by atoms with Crippen molar-refractivity contribution in [2.75, 3.05) is 30.3 Å². The Labute approximate surface area is 120 Å². The number of hydrogen-bond donors (Lipinski definition) is 3. The number of nitrogens with one attached hydrogen (secondary N) is 3. The molecule has 6 heteroatoms. The second kappa shape index (κ2) is 6.91. The molecule has 0 aromatic carbocycles. The van der Waals surface area contributed by atoms with Gasteiger partial charge in [-0.3, -0.25) is 0 Å². The van der Waals surface area contributed by atoms with E-state index in [1.165, 1.54) is 32.2 Å². The lowest BCUT2D eigenvalue weighted by Gasteiger charge is -2.23. The van der Waals surface area contributed by atoms with Crippen LogP contribution in [0.5, 0.6) is 0 Å². The van der Waals surface area contributed by atoms with Crippen molar-refractivity contribution in [2.45, 2.75) is 31.7 Å². The lowest BCUT2D eigenvalue weighted by atomic mass is 10.00. The second-order valence-electron chi connectivity index (χ2n) is 5.30. The van der Waals surface area contributed by atoms with Gasteiger partial charge in [0.25, 0.3) is 0 Å². The Morgan fingerprint density at radius 2 is 2.05 bits per heavy atom. The molecule has 1 aromatic rings. The van der Waals surface area contributed by atoms with Crippen LogP contribution < -0.4 is 16.0 Å². The van der Waals surface area contributed by atoms with Crippen LogP contribution in [0.4, 0.5) is 11.6 Å². The number of aromatic nitrogens is 2. The summed E-state index contributed by atoms with van der Waals surface area (Å²) in [6, 6.07) is 2.64. The Hall–Kier alpha value is -1.07. The van der Waals surface area contributed by atoms with Crippen LogP contribution in [-0.4, -0.2) is 35.6 Å². The maximum absolute atomic E-state index is 4.27. The van der Waals surface area contributed by atoms with Gasteiger partial charge in [-0.05, 0) is 44.7 Å². The molecular weight excluding hydrogens is 262 g/mol. The van der Waals surface area contributed by atoms with Crippen LogP contribution in [0.1, 0.15) is 25.7 Å². The normalized spacial score (nSPS) is 22.4. The molecule has 1 unspecified atom stereocenters. The van der Waals surface area contributed by atoms with Crippen molar-refractivity contribution in [3.63, 3.8) is 0 Å². The molecular formula is C13H22ClN5. The zero-order valence-corrected chi connectivity index (χ0v) is 11.9. The summed E-state index contributed by atoms with van der Waals surface area (Å²) in [4.78, 5) is 8.51. The van der Waals surface area contributed by atoms with Crippen LogP contribution in [0.2, 0.25) is 0 Å². The van der Waals surface area contributed by atoms with Crippen molar-refractivity contribution in [2.24, 2.45) is 5.92 Å². The van der Waals surface area contributed by atoms with E-state index >= 15 is 0 Å². The van der Waals surface area contributed by atoms with Gasteiger partial charge in [0.2, 0.25) is 0 Å². The first kappa shape index (κ1) is 14.3. The van der Waals surface area contributed by atoms with Crippen LogP contribution in [0, 0.1) is 5.92 Å². The van der Waals surface area contributed by atoms with E-state index in [1.54, 1.807) is 6.33 Å². The van der Waals surface area contributed by atoms with E-state index in [9.17, 15) is 0 Å². The third-order valence-electron chi connectivity index (χ3n) is 3.57. The van der Waals surface area contributed by atoms with E-state index in [4.69, 9.17) is 0 Å². The van der Waals surface area contributed by atoms with Crippen LogP contribution in [-0.2, 0) is 0 Å². The Balaban J connectivity index is 0.00000133. The van der Waals surface area contributed by atoms with Crippen molar-refractivity contribution in [3.05, 3.63) is 12.4 Å². The van der Waals surface area contributed by atoms with Gasteiger partial charge in [-0.2, -0.15) is 0 Å². The van der Waals surface area contributed by atoms with Crippen LogP contribution >= 0.6 is 12.4 Å². The van der Waals surface area contributed by atoms with Gasteiger partial charge in [0.1, 0.15) is 18.0 Å². The number of piperidine rings is 1. The van der Waals surface area contributed by atoms with Crippen molar-refractivity contribution < 1.29 is 0 Å². The molecule has 1 aliphatic carbocycles. The molecule has 1 saturated heterocycles. The predicted octanol–water partition coefficient (Wildman–Crippen LogP) is 1.88. The SMILES string of the molecule is Cl.c1nc(NCC2CCCNC2)cc(NC2CC2)n1. The van der Waals surface area contributed by atoms with E-state index in [0.717, 1.165) is 24.7 Å². The third kappa shape index (κ3) is 4.51. The van der Waals surface area contributed by atoms with E-state index in [1.807, 2.05) is 6.07 Å². The monoisotopic (exact) mass is 283 g/mol.